The van der Waals surface area contributed by atoms with Crippen molar-refractivity contribution in [1.82, 2.24) is 10.3 Å². The molecule has 0 bridgehead atoms. The molecule has 0 amide bonds. The van der Waals surface area contributed by atoms with Gasteiger partial charge in [-0.25, -0.2) is 0 Å². The minimum absolute atomic E-state index is 0.237. The first-order chi connectivity index (χ1) is 6.86. The van der Waals surface area contributed by atoms with Gasteiger partial charge in [-0.15, -0.1) is 0 Å². The number of ketones is 1. The number of rotatable bonds is 3. The Morgan fingerprint density at radius 2 is 2.29 bits per heavy atom. The Kier molecular flexibility index (Phi) is 2.89. The van der Waals surface area contributed by atoms with Gasteiger partial charge in [-0.2, -0.15) is 0 Å². The zero-order chi connectivity index (χ0) is 9.80. The topological polar surface area (TPSA) is 42.0 Å². The summed E-state index contributed by atoms with van der Waals surface area (Å²) in [4.78, 5) is 15.6. The molecule has 1 unspecified atom stereocenters. The summed E-state index contributed by atoms with van der Waals surface area (Å²) >= 11 is 0. The number of carbonyl (C=O) groups excluding carboxylic acids is 1. The molecule has 1 atom stereocenters. The molecule has 1 N–H and O–H groups in total. The van der Waals surface area contributed by atoms with Crippen molar-refractivity contribution in [3.63, 3.8) is 0 Å². The number of hydrogen-bond donors (Lipinski definition) is 1. The van der Waals surface area contributed by atoms with Gasteiger partial charge < -0.3 is 5.32 Å². The Labute approximate surface area is 83.5 Å². The Hall–Kier alpha value is -1.22. The van der Waals surface area contributed by atoms with Gasteiger partial charge in [0.1, 0.15) is 0 Å². The van der Waals surface area contributed by atoms with Crippen LogP contribution >= 0.6 is 0 Å². The average molecular weight is 190 g/mol. The minimum Gasteiger partial charge on any atom is -0.316 e. The van der Waals surface area contributed by atoms with Crippen molar-refractivity contribution in [3.8, 4) is 0 Å². The number of nitrogens with zero attached hydrogens (tertiary/aromatic N) is 1. The molecule has 2 heterocycles. The summed E-state index contributed by atoms with van der Waals surface area (Å²) in [6.07, 6.45) is 5.12. The lowest BCUT2D eigenvalue weighted by Crippen LogP contribution is -2.12. The first-order valence-electron chi connectivity index (χ1n) is 5.00. The van der Waals surface area contributed by atoms with Gasteiger partial charge in [-0.1, -0.05) is 0 Å². The second-order valence-corrected chi connectivity index (χ2v) is 3.72. The molecule has 0 radical (unpaired) electrons. The number of aromatic nitrogens is 1. The Morgan fingerprint density at radius 1 is 1.50 bits per heavy atom. The molecule has 1 aromatic rings. The van der Waals surface area contributed by atoms with Crippen molar-refractivity contribution in [1.29, 1.82) is 0 Å². The van der Waals surface area contributed by atoms with Crippen LogP contribution in [0, 0.1) is 5.92 Å². The minimum atomic E-state index is 0.237. The third-order valence-electron chi connectivity index (χ3n) is 2.64. The van der Waals surface area contributed by atoms with Crippen LogP contribution < -0.4 is 5.32 Å². The fraction of sp³-hybridized carbons (Fsp3) is 0.455. The predicted octanol–water partition coefficient (Wildman–Crippen LogP) is 1.26. The van der Waals surface area contributed by atoms with Crippen LogP contribution in [-0.2, 0) is 0 Å². The lowest BCUT2D eigenvalue weighted by molar-refractivity contribution is 0.0964. The molecule has 74 valence electrons. The summed E-state index contributed by atoms with van der Waals surface area (Å²) < 4.78 is 0. The van der Waals surface area contributed by atoms with Gasteiger partial charge in [0.2, 0.25) is 0 Å². The van der Waals surface area contributed by atoms with E-state index >= 15 is 0 Å². The van der Waals surface area contributed by atoms with Crippen LogP contribution in [0.3, 0.4) is 0 Å². The van der Waals surface area contributed by atoms with Crippen molar-refractivity contribution < 1.29 is 4.79 Å². The largest absolute Gasteiger partial charge is 0.316 e. The van der Waals surface area contributed by atoms with Crippen molar-refractivity contribution in [2.24, 2.45) is 5.92 Å². The Bertz CT molecular complexity index is 304. The van der Waals surface area contributed by atoms with Crippen molar-refractivity contribution >= 4 is 5.78 Å². The van der Waals surface area contributed by atoms with Gasteiger partial charge in [0, 0.05) is 24.4 Å². The molecule has 0 spiro atoms. The molecular formula is C11H14N2O. The summed E-state index contributed by atoms with van der Waals surface area (Å²) in [5.41, 5.74) is 0.784. The molecule has 0 saturated carbocycles. The van der Waals surface area contributed by atoms with E-state index in [1.54, 1.807) is 24.5 Å². The Morgan fingerprint density at radius 3 is 2.93 bits per heavy atom. The van der Waals surface area contributed by atoms with Crippen molar-refractivity contribution in [3.05, 3.63) is 30.1 Å². The number of pyridine rings is 1. The summed E-state index contributed by atoms with van der Waals surface area (Å²) in [6.45, 7) is 2.03. The van der Waals surface area contributed by atoms with Gasteiger partial charge in [0.25, 0.3) is 0 Å². The fourth-order valence-electron chi connectivity index (χ4n) is 1.81. The van der Waals surface area contributed by atoms with Crippen LogP contribution in [0.2, 0.25) is 0 Å². The highest BCUT2D eigenvalue weighted by Gasteiger charge is 2.18. The summed E-state index contributed by atoms with van der Waals surface area (Å²) in [5.74, 6) is 0.761. The zero-order valence-corrected chi connectivity index (χ0v) is 8.07. The lowest BCUT2D eigenvalue weighted by atomic mass is 9.98. The van der Waals surface area contributed by atoms with E-state index < -0.39 is 0 Å². The van der Waals surface area contributed by atoms with Crippen LogP contribution in [-0.4, -0.2) is 23.9 Å². The first-order valence-corrected chi connectivity index (χ1v) is 5.00. The number of nitrogens with one attached hydrogen (secondary N) is 1. The van der Waals surface area contributed by atoms with Gasteiger partial charge >= 0.3 is 0 Å². The van der Waals surface area contributed by atoms with E-state index in [0.717, 1.165) is 25.1 Å². The van der Waals surface area contributed by atoms with E-state index in [2.05, 4.69) is 10.3 Å². The quantitative estimate of drug-likeness (QED) is 0.730. The van der Waals surface area contributed by atoms with Gasteiger partial charge in [0.15, 0.2) is 5.78 Å². The van der Waals surface area contributed by atoms with Crippen molar-refractivity contribution in [2.75, 3.05) is 13.1 Å². The number of carbonyl (C=O) groups is 1. The van der Waals surface area contributed by atoms with Crippen molar-refractivity contribution in [2.45, 2.75) is 12.8 Å². The summed E-state index contributed by atoms with van der Waals surface area (Å²) in [7, 11) is 0. The van der Waals surface area contributed by atoms with Gasteiger partial charge in [-0.05, 0) is 37.6 Å². The standard InChI is InChI=1S/C11H14N2O/c14-11(7-9-1-4-13-8-9)10-2-5-12-6-3-10/h2-3,5-6,9,13H,1,4,7-8H2. The molecule has 14 heavy (non-hydrogen) atoms. The number of hydrogen-bond acceptors (Lipinski definition) is 3. The van der Waals surface area contributed by atoms with E-state index in [1.807, 2.05) is 0 Å². The predicted molar refractivity (Wildman–Crippen MR) is 54.2 cm³/mol. The SMILES string of the molecule is O=C(CC1CCNC1)c1ccncc1. The smallest absolute Gasteiger partial charge is 0.163 e. The van der Waals surface area contributed by atoms with Crippen LogP contribution in [0.1, 0.15) is 23.2 Å². The monoisotopic (exact) mass is 190 g/mol. The normalized spacial score (nSPS) is 21.0. The molecule has 1 aromatic heterocycles. The molecule has 3 nitrogen and oxygen atoms in total. The van der Waals surface area contributed by atoms with Gasteiger partial charge in [-0.3, -0.25) is 9.78 Å². The third-order valence-corrected chi connectivity index (χ3v) is 2.64. The average Bonchev–Trinajstić information content (AvgIpc) is 2.72. The highest BCUT2D eigenvalue weighted by molar-refractivity contribution is 5.96. The first kappa shape index (κ1) is 9.34. The highest BCUT2D eigenvalue weighted by atomic mass is 16.1. The van der Waals surface area contributed by atoms with E-state index in [1.165, 1.54) is 0 Å². The highest BCUT2D eigenvalue weighted by Crippen LogP contribution is 2.15. The van der Waals surface area contributed by atoms with E-state index in [9.17, 15) is 4.79 Å². The molecule has 3 heteroatoms. The molecule has 1 fully saturated rings. The molecule has 1 aliphatic heterocycles. The van der Waals surface area contributed by atoms with Crippen LogP contribution in [0.25, 0.3) is 0 Å². The second-order valence-electron chi connectivity index (χ2n) is 3.72. The molecule has 2 rings (SSSR count). The van der Waals surface area contributed by atoms with E-state index in [4.69, 9.17) is 0 Å². The maximum atomic E-state index is 11.7. The summed E-state index contributed by atoms with van der Waals surface area (Å²) in [6, 6.07) is 3.56. The van der Waals surface area contributed by atoms with E-state index in [0.29, 0.717) is 12.3 Å². The third kappa shape index (κ3) is 2.17. The maximum Gasteiger partial charge on any atom is 0.163 e. The fourth-order valence-corrected chi connectivity index (χ4v) is 1.81. The zero-order valence-electron chi connectivity index (χ0n) is 8.07. The molecule has 1 aliphatic rings. The molecular weight excluding hydrogens is 176 g/mol. The van der Waals surface area contributed by atoms with E-state index in [-0.39, 0.29) is 5.78 Å². The van der Waals surface area contributed by atoms with Gasteiger partial charge in [0.05, 0.1) is 0 Å². The van der Waals surface area contributed by atoms with Crippen LogP contribution in [0.15, 0.2) is 24.5 Å². The lowest BCUT2D eigenvalue weighted by Gasteiger charge is -2.06. The number of Topliss-reactive ketones (excluding diaryl/α,β-unsaturated/α-hetero) is 1. The second kappa shape index (κ2) is 4.33. The van der Waals surface area contributed by atoms with Crippen LogP contribution in [0.4, 0.5) is 0 Å². The Balaban J connectivity index is 1.95. The maximum absolute atomic E-state index is 11.7. The van der Waals surface area contributed by atoms with Crippen LogP contribution in [0.5, 0.6) is 0 Å². The molecule has 0 aliphatic carbocycles. The summed E-state index contributed by atoms with van der Waals surface area (Å²) in [5, 5.41) is 3.26. The molecule has 1 saturated heterocycles. The molecule has 0 aromatic carbocycles.